The molecule has 2 aromatic rings. The molecule has 4 aliphatic rings. The number of benzene rings is 1. The van der Waals surface area contributed by atoms with Crippen molar-refractivity contribution in [3.8, 4) is 5.75 Å². The predicted molar refractivity (Wildman–Crippen MR) is 110 cm³/mol. The number of carbonyl (C=O) groups excluding carboxylic acids is 1. The predicted octanol–water partition coefficient (Wildman–Crippen LogP) is 4.39. The number of hydrogen-bond donors (Lipinski definition) is 1. The summed E-state index contributed by atoms with van der Waals surface area (Å²) in [6.45, 7) is 6.89. The Hall–Kier alpha value is -1.59. The zero-order valence-corrected chi connectivity index (χ0v) is 17.2. The first-order valence-electron chi connectivity index (χ1n) is 10.2. The molecule has 3 saturated heterocycles. The second-order valence-electron chi connectivity index (χ2n) is 8.91. The van der Waals surface area contributed by atoms with E-state index in [-0.39, 0.29) is 17.5 Å². The van der Waals surface area contributed by atoms with E-state index >= 15 is 0 Å². The van der Waals surface area contributed by atoms with Crippen LogP contribution in [0.4, 0.5) is 0 Å². The van der Waals surface area contributed by atoms with Crippen molar-refractivity contribution >= 4 is 27.3 Å². The third-order valence-corrected chi connectivity index (χ3v) is 8.17. The van der Waals surface area contributed by atoms with E-state index in [1.165, 1.54) is 41.3 Å². The fraction of sp³-hybridized carbons (Fsp3) is 0.591. The fourth-order valence-electron chi connectivity index (χ4n) is 5.24. The van der Waals surface area contributed by atoms with Crippen molar-refractivity contribution in [2.45, 2.75) is 57.0 Å². The summed E-state index contributed by atoms with van der Waals surface area (Å²) in [6, 6.07) is 6.44. The minimum atomic E-state index is 0.0376. The third-order valence-electron chi connectivity index (χ3n) is 6.99. The van der Waals surface area contributed by atoms with E-state index in [4.69, 9.17) is 4.74 Å². The highest BCUT2D eigenvalue weighted by Gasteiger charge is 2.48. The Morgan fingerprint density at radius 3 is 2.59 bits per heavy atom. The van der Waals surface area contributed by atoms with Crippen LogP contribution in [0.15, 0.2) is 18.2 Å². The van der Waals surface area contributed by atoms with E-state index in [0.717, 1.165) is 23.7 Å². The Bertz CT molecular complexity index is 891. The molecule has 4 heterocycles. The van der Waals surface area contributed by atoms with Crippen molar-refractivity contribution in [1.29, 1.82) is 0 Å². The van der Waals surface area contributed by atoms with Gasteiger partial charge in [0.05, 0.1) is 12.0 Å². The van der Waals surface area contributed by atoms with Crippen LogP contribution in [0.5, 0.6) is 5.75 Å². The largest absolute Gasteiger partial charge is 0.496 e. The van der Waals surface area contributed by atoms with Gasteiger partial charge in [0, 0.05) is 21.8 Å². The molecule has 144 valence electrons. The fourth-order valence-corrected chi connectivity index (χ4v) is 6.42. The molecular formula is C22H28N2O2S. The number of carbonyl (C=O) groups is 1. The van der Waals surface area contributed by atoms with E-state index in [2.05, 4.69) is 42.3 Å². The quantitative estimate of drug-likeness (QED) is 0.850. The SMILES string of the molecule is COc1ccc2cc(C(=O)N[C@@H]3C4CCN(CC4)C3(C)C)sc2c1C1CC1. The van der Waals surface area contributed by atoms with Gasteiger partial charge in [0.1, 0.15) is 5.75 Å². The van der Waals surface area contributed by atoms with Gasteiger partial charge in [-0.05, 0) is 88.0 Å². The molecule has 2 bridgehead atoms. The molecule has 0 spiro atoms. The molecule has 5 heteroatoms. The van der Waals surface area contributed by atoms with E-state index < -0.39 is 0 Å². The van der Waals surface area contributed by atoms with Gasteiger partial charge in [0.2, 0.25) is 0 Å². The van der Waals surface area contributed by atoms with Crippen molar-refractivity contribution in [2.24, 2.45) is 5.92 Å². The van der Waals surface area contributed by atoms with Crippen molar-refractivity contribution < 1.29 is 9.53 Å². The molecule has 1 aliphatic carbocycles. The highest BCUT2D eigenvalue weighted by Crippen LogP contribution is 2.49. The van der Waals surface area contributed by atoms with Gasteiger partial charge >= 0.3 is 0 Å². The molecule has 0 unspecified atom stereocenters. The summed E-state index contributed by atoms with van der Waals surface area (Å²) < 4.78 is 6.84. The Kier molecular flexibility index (Phi) is 4.03. The van der Waals surface area contributed by atoms with Crippen LogP contribution in [0.3, 0.4) is 0 Å². The Morgan fingerprint density at radius 2 is 1.96 bits per heavy atom. The molecule has 4 nitrogen and oxygen atoms in total. The van der Waals surface area contributed by atoms with Crippen LogP contribution >= 0.6 is 11.3 Å². The maximum Gasteiger partial charge on any atom is 0.261 e. The maximum atomic E-state index is 13.1. The molecular weight excluding hydrogens is 356 g/mol. The number of thiophene rings is 1. The molecule has 3 aliphatic heterocycles. The summed E-state index contributed by atoms with van der Waals surface area (Å²) in [5.74, 6) is 2.26. The van der Waals surface area contributed by atoms with Crippen LogP contribution in [-0.4, -0.2) is 42.6 Å². The summed E-state index contributed by atoms with van der Waals surface area (Å²) >= 11 is 1.63. The zero-order valence-electron chi connectivity index (χ0n) is 16.4. The molecule has 6 rings (SSSR count). The van der Waals surface area contributed by atoms with Crippen LogP contribution in [0, 0.1) is 5.92 Å². The van der Waals surface area contributed by atoms with Crippen LogP contribution in [0.1, 0.15) is 60.7 Å². The molecule has 27 heavy (non-hydrogen) atoms. The number of piperidine rings is 3. The van der Waals surface area contributed by atoms with E-state index in [1.54, 1.807) is 18.4 Å². The maximum absolute atomic E-state index is 13.1. The number of hydrogen-bond acceptors (Lipinski definition) is 4. The standard InChI is InChI=1S/C22H28N2O2S/c1-22(2)20(14-8-10-24(22)11-9-14)23-21(25)17-12-15-6-7-16(26-3)18(13-4-5-13)19(15)27-17/h6-7,12-14,20H,4-5,8-11H2,1-3H3,(H,23,25)/t20-/m1/s1. The molecule has 0 radical (unpaired) electrons. The van der Waals surface area contributed by atoms with Crippen molar-refractivity contribution in [3.63, 3.8) is 0 Å². The van der Waals surface area contributed by atoms with Crippen molar-refractivity contribution in [2.75, 3.05) is 20.2 Å². The van der Waals surface area contributed by atoms with Gasteiger partial charge < -0.3 is 10.1 Å². The first-order chi connectivity index (χ1) is 13.0. The van der Waals surface area contributed by atoms with Crippen LogP contribution < -0.4 is 10.1 Å². The highest BCUT2D eigenvalue weighted by atomic mass is 32.1. The van der Waals surface area contributed by atoms with Gasteiger partial charge in [-0.15, -0.1) is 11.3 Å². The molecule has 1 amide bonds. The number of rotatable bonds is 4. The molecule has 1 N–H and O–H groups in total. The number of amides is 1. The third kappa shape index (κ3) is 2.78. The average Bonchev–Trinajstić information content (AvgIpc) is 3.41. The lowest BCUT2D eigenvalue weighted by Crippen LogP contribution is -2.69. The van der Waals surface area contributed by atoms with Gasteiger partial charge in [-0.2, -0.15) is 0 Å². The molecule has 1 aromatic heterocycles. The van der Waals surface area contributed by atoms with Crippen LogP contribution in [0.2, 0.25) is 0 Å². The van der Waals surface area contributed by atoms with Gasteiger partial charge in [-0.3, -0.25) is 9.69 Å². The van der Waals surface area contributed by atoms with Gasteiger partial charge in [-0.25, -0.2) is 0 Å². The molecule has 1 aromatic carbocycles. The summed E-state index contributed by atoms with van der Waals surface area (Å²) in [6.07, 6.45) is 4.85. The zero-order chi connectivity index (χ0) is 18.8. The van der Waals surface area contributed by atoms with Crippen LogP contribution in [0.25, 0.3) is 10.1 Å². The summed E-state index contributed by atoms with van der Waals surface area (Å²) in [7, 11) is 1.74. The normalized spacial score (nSPS) is 29.1. The Morgan fingerprint density at radius 1 is 1.22 bits per heavy atom. The summed E-state index contributed by atoms with van der Waals surface area (Å²) in [5.41, 5.74) is 1.35. The van der Waals surface area contributed by atoms with E-state index in [9.17, 15) is 4.79 Å². The highest BCUT2D eigenvalue weighted by molar-refractivity contribution is 7.21. The lowest BCUT2D eigenvalue weighted by atomic mass is 9.72. The number of ether oxygens (including phenoxy) is 1. The number of nitrogens with one attached hydrogen (secondary N) is 1. The molecule has 1 atom stereocenters. The van der Waals surface area contributed by atoms with Gasteiger partial charge in [-0.1, -0.05) is 0 Å². The summed E-state index contributed by atoms with van der Waals surface area (Å²) in [5, 5.41) is 4.58. The first kappa shape index (κ1) is 17.5. The lowest BCUT2D eigenvalue weighted by molar-refractivity contribution is -0.0377. The molecule has 1 saturated carbocycles. The van der Waals surface area contributed by atoms with Crippen molar-refractivity contribution in [3.05, 3.63) is 28.6 Å². The topological polar surface area (TPSA) is 41.6 Å². The first-order valence-corrected chi connectivity index (χ1v) is 11.0. The smallest absolute Gasteiger partial charge is 0.261 e. The number of nitrogens with zero attached hydrogens (tertiary/aromatic N) is 1. The monoisotopic (exact) mass is 384 g/mol. The summed E-state index contributed by atoms with van der Waals surface area (Å²) in [4.78, 5) is 16.5. The minimum absolute atomic E-state index is 0.0376. The second kappa shape index (κ2) is 6.21. The average molecular weight is 385 g/mol. The van der Waals surface area contributed by atoms with E-state index in [0.29, 0.717) is 11.8 Å². The van der Waals surface area contributed by atoms with Crippen LogP contribution in [-0.2, 0) is 0 Å². The lowest BCUT2D eigenvalue weighted by Gasteiger charge is -2.56. The van der Waals surface area contributed by atoms with Gasteiger partial charge in [0.15, 0.2) is 0 Å². The Labute approximate surface area is 164 Å². The minimum Gasteiger partial charge on any atom is -0.496 e. The van der Waals surface area contributed by atoms with Gasteiger partial charge in [0.25, 0.3) is 5.91 Å². The van der Waals surface area contributed by atoms with E-state index in [1.807, 2.05) is 0 Å². The second-order valence-corrected chi connectivity index (χ2v) is 9.97. The molecule has 4 fully saturated rings. The Balaban J connectivity index is 1.45. The van der Waals surface area contributed by atoms with Crippen molar-refractivity contribution in [1.82, 2.24) is 10.2 Å². The number of methoxy groups -OCH3 is 1. The number of fused-ring (bicyclic) bond motifs is 4.